The van der Waals surface area contributed by atoms with Crippen LogP contribution in [0.25, 0.3) is 0 Å². The minimum absolute atomic E-state index is 0.0321. The lowest BCUT2D eigenvalue weighted by atomic mass is 10.0. The van der Waals surface area contributed by atoms with Crippen molar-refractivity contribution in [2.45, 2.75) is 36.2 Å². The number of amides is 2. The minimum Gasteiger partial charge on any atom is -0.395 e. The Morgan fingerprint density at radius 3 is 2.95 bits per heavy atom. The Morgan fingerprint density at radius 2 is 2.24 bits per heavy atom. The number of nitrogens with zero attached hydrogens (tertiary/aromatic N) is 1. The average molecular weight is 310 g/mol. The maximum atomic E-state index is 13.5. The van der Waals surface area contributed by atoms with E-state index in [1.165, 1.54) is 12.1 Å². The summed E-state index contributed by atoms with van der Waals surface area (Å²) < 4.78 is 13.5. The predicted molar refractivity (Wildman–Crippen MR) is 79.8 cm³/mol. The number of halogens is 1. The number of hydrogen-bond donors (Lipinski definition) is 2. The number of fused-ring (bicyclic) bond motifs is 1. The van der Waals surface area contributed by atoms with E-state index in [4.69, 9.17) is 5.11 Å². The van der Waals surface area contributed by atoms with Crippen LogP contribution in [0.1, 0.15) is 30.9 Å². The third kappa shape index (κ3) is 3.32. The maximum absolute atomic E-state index is 13.5. The van der Waals surface area contributed by atoms with Crippen molar-refractivity contribution in [3.8, 4) is 0 Å². The molecule has 2 aliphatic rings. The van der Waals surface area contributed by atoms with Crippen molar-refractivity contribution < 1.29 is 14.3 Å². The zero-order valence-corrected chi connectivity index (χ0v) is 12.5. The summed E-state index contributed by atoms with van der Waals surface area (Å²) in [6, 6.07) is 4.70. The number of urea groups is 1. The summed E-state index contributed by atoms with van der Waals surface area (Å²) in [6.45, 7) is 0.323. The van der Waals surface area contributed by atoms with Gasteiger partial charge in [0.25, 0.3) is 0 Å². The molecule has 4 nitrogen and oxygen atoms in total. The van der Waals surface area contributed by atoms with E-state index in [9.17, 15) is 9.18 Å². The van der Waals surface area contributed by atoms with Crippen LogP contribution in [0.15, 0.2) is 23.1 Å². The highest BCUT2D eigenvalue weighted by Gasteiger charge is 2.33. The molecule has 2 amide bonds. The van der Waals surface area contributed by atoms with E-state index in [1.807, 2.05) is 0 Å². The fourth-order valence-corrected chi connectivity index (χ4v) is 3.80. The van der Waals surface area contributed by atoms with Crippen molar-refractivity contribution in [2.24, 2.45) is 0 Å². The molecule has 0 unspecified atom stereocenters. The first-order chi connectivity index (χ1) is 10.2. The molecule has 6 heteroatoms. The second-order valence-electron chi connectivity index (χ2n) is 5.47. The second-order valence-corrected chi connectivity index (χ2v) is 6.61. The highest BCUT2D eigenvalue weighted by Crippen LogP contribution is 2.37. The number of hydrogen-bond acceptors (Lipinski definition) is 3. The summed E-state index contributed by atoms with van der Waals surface area (Å²) in [5, 5.41) is 12.1. The average Bonchev–Trinajstić information content (AvgIpc) is 3.30. The Bertz CT molecular complexity index is 536. The summed E-state index contributed by atoms with van der Waals surface area (Å²) in [5.74, 6) is 0.636. The summed E-state index contributed by atoms with van der Waals surface area (Å²) in [4.78, 5) is 15.1. The van der Waals surface area contributed by atoms with Crippen LogP contribution in [0.3, 0.4) is 0 Å². The molecule has 0 radical (unpaired) electrons. The summed E-state index contributed by atoms with van der Waals surface area (Å²) in [7, 11) is 0. The van der Waals surface area contributed by atoms with Crippen LogP contribution in [0.2, 0.25) is 0 Å². The van der Waals surface area contributed by atoms with Crippen molar-refractivity contribution in [1.82, 2.24) is 10.2 Å². The van der Waals surface area contributed by atoms with Crippen LogP contribution in [0.5, 0.6) is 0 Å². The predicted octanol–water partition coefficient (Wildman–Crippen LogP) is 2.53. The van der Waals surface area contributed by atoms with Crippen molar-refractivity contribution >= 4 is 17.8 Å². The van der Waals surface area contributed by atoms with Gasteiger partial charge in [-0.05, 0) is 43.0 Å². The molecular formula is C15H19FN2O2S. The second kappa shape index (κ2) is 6.23. The van der Waals surface area contributed by atoms with E-state index >= 15 is 0 Å². The third-order valence-corrected chi connectivity index (χ3v) is 5.02. The highest BCUT2D eigenvalue weighted by atomic mass is 32.2. The fourth-order valence-electron chi connectivity index (χ4n) is 2.69. The van der Waals surface area contributed by atoms with Gasteiger partial charge in [0.1, 0.15) is 5.82 Å². The lowest BCUT2D eigenvalue weighted by molar-refractivity contribution is 0.170. The molecule has 1 aliphatic heterocycles. The van der Waals surface area contributed by atoms with Gasteiger partial charge in [0.2, 0.25) is 0 Å². The van der Waals surface area contributed by atoms with Gasteiger partial charge in [0, 0.05) is 23.2 Å². The molecule has 0 aromatic heterocycles. The number of aliphatic hydroxyl groups excluding tert-OH is 1. The van der Waals surface area contributed by atoms with Gasteiger partial charge >= 0.3 is 6.03 Å². The fraction of sp³-hybridized carbons (Fsp3) is 0.533. The molecule has 1 atom stereocenters. The first-order valence-electron chi connectivity index (χ1n) is 7.29. The minimum atomic E-state index is -0.273. The van der Waals surface area contributed by atoms with Crippen LogP contribution < -0.4 is 5.32 Å². The van der Waals surface area contributed by atoms with E-state index in [2.05, 4.69) is 5.32 Å². The molecule has 1 saturated carbocycles. The Labute approximate surface area is 127 Å². The molecule has 1 aromatic rings. The molecule has 114 valence electrons. The first kappa shape index (κ1) is 14.7. The number of benzene rings is 1. The maximum Gasteiger partial charge on any atom is 0.318 e. The molecule has 1 fully saturated rings. The quantitative estimate of drug-likeness (QED) is 0.898. The van der Waals surface area contributed by atoms with Crippen LogP contribution in [0.4, 0.5) is 9.18 Å². The molecule has 1 aromatic carbocycles. The number of carbonyl (C=O) groups excluding carboxylic acids is 1. The lowest BCUT2D eigenvalue weighted by Gasteiger charge is -2.29. The van der Waals surface area contributed by atoms with E-state index < -0.39 is 0 Å². The number of nitrogens with one attached hydrogen (secondary N) is 1. The summed E-state index contributed by atoms with van der Waals surface area (Å²) in [5.41, 5.74) is 0.861. The standard InChI is InChI=1S/C15H19FN2O2S/c16-10-1-4-14-12(9-10)13(5-8-21-14)17-15(20)18(6-7-19)11-2-3-11/h1,4,9,11,13,19H,2-3,5-8H2,(H,17,20)/t13-/m1/s1. The summed E-state index contributed by atoms with van der Waals surface area (Å²) in [6.07, 6.45) is 2.79. The van der Waals surface area contributed by atoms with Gasteiger partial charge in [0.15, 0.2) is 0 Å². The molecule has 2 N–H and O–H groups in total. The Kier molecular flexibility index (Phi) is 4.35. The van der Waals surface area contributed by atoms with Crippen molar-refractivity contribution in [2.75, 3.05) is 18.9 Å². The van der Waals surface area contributed by atoms with Gasteiger partial charge in [-0.25, -0.2) is 9.18 Å². The van der Waals surface area contributed by atoms with Gasteiger partial charge in [-0.1, -0.05) is 0 Å². The Hall–Kier alpha value is -1.27. The van der Waals surface area contributed by atoms with Gasteiger partial charge in [-0.15, -0.1) is 11.8 Å². The van der Waals surface area contributed by atoms with Crippen LogP contribution in [-0.2, 0) is 0 Å². The number of aliphatic hydroxyl groups is 1. The van der Waals surface area contributed by atoms with Gasteiger partial charge in [-0.2, -0.15) is 0 Å². The van der Waals surface area contributed by atoms with E-state index in [0.29, 0.717) is 6.54 Å². The van der Waals surface area contributed by atoms with E-state index in [0.717, 1.165) is 35.5 Å². The first-order valence-corrected chi connectivity index (χ1v) is 8.28. The summed E-state index contributed by atoms with van der Waals surface area (Å²) >= 11 is 1.69. The van der Waals surface area contributed by atoms with Crippen molar-refractivity contribution in [1.29, 1.82) is 0 Å². The molecule has 0 spiro atoms. The normalized spacial score (nSPS) is 20.8. The zero-order valence-electron chi connectivity index (χ0n) is 11.7. The molecular weight excluding hydrogens is 291 g/mol. The van der Waals surface area contributed by atoms with Crippen LogP contribution >= 0.6 is 11.8 Å². The number of carbonyl (C=O) groups is 1. The lowest BCUT2D eigenvalue weighted by Crippen LogP contribution is -2.44. The molecule has 3 rings (SSSR count). The highest BCUT2D eigenvalue weighted by molar-refractivity contribution is 7.99. The topological polar surface area (TPSA) is 52.6 Å². The third-order valence-electron chi connectivity index (χ3n) is 3.90. The molecule has 21 heavy (non-hydrogen) atoms. The zero-order chi connectivity index (χ0) is 14.8. The molecule has 1 aliphatic carbocycles. The Balaban J connectivity index is 1.73. The van der Waals surface area contributed by atoms with E-state index in [-0.39, 0.29) is 30.5 Å². The van der Waals surface area contributed by atoms with Crippen LogP contribution in [-0.4, -0.2) is 41.0 Å². The Morgan fingerprint density at radius 1 is 1.43 bits per heavy atom. The number of thioether (sulfide) groups is 1. The smallest absolute Gasteiger partial charge is 0.318 e. The van der Waals surface area contributed by atoms with E-state index in [1.54, 1.807) is 22.7 Å². The van der Waals surface area contributed by atoms with Crippen LogP contribution in [0, 0.1) is 5.82 Å². The van der Waals surface area contributed by atoms with Gasteiger partial charge in [0.05, 0.1) is 12.6 Å². The molecule has 1 heterocycles. The monoisotopic (exact) mass is 310 g/mol. The van der Waals surface area contributed by atoms with Gasteiger partial charge in [-0.3, -0.25) is 0 Å². The van der Waals surface area contributed by atoms with Crippen molar-refractivity contribution in [3.05, 3.63) is 29.6 Å². The van der Waals surface area contributed by atoms with Crippen molar-refractivity contribution in [3.63, 3.8) is 0 Å². The SMILES string of the molecule is O=C(N[C@@H]1CCSc2ccc(F)cc21)N(CCO)C1CC1. The molecule has 0 bridgehead atoms. The number of rotatable bonds is 4. The van der Waals surface area contributed by atoms with Gasteiger partial charge < -0.3 is 15.3 Å². The largest absolute Gasteiger partial charge is 0.395 e. The molecule has 0 saturated heterocycles.